The Morgan fingerprint density at radius 1 is 0.679 bits per heavy atom. The van der Waals surface area contributed by atoms with Crippen LogP contribution in [0.3, 0.4) is 0 Å². The normalized spacial score (nSPS) is 9.18. The van der Waals surface area contributed by atoms with Crippen LogP contribution in [0.1, 0.15) is 39.6 Å². The standard InChI is InChI=1S/C9H12O.2C7H6O2/c1-2-3-8-4-6-9(10)7-5-8;2*8-7(9)6-4-2-1-3-5-6/h4-7,10H,2-3H2,1H3;2*1-5H,(H,8,9). The van der Waals surface area contributed by atoms with Crippen LogP contribution in [0.4, 0.5) is 0 Å². The van der Waals surface area contributed by atoms with Gasteiger partial charge in [0, 0.05) is 0 Å². The Morgan fingerprint density at radius 2 is 1.07 bits per heavy atom. The highest BCUT2D eigenvalue weighted by Gasteiger charge is 1.97. The minimum atomic E-state index is -0.879. The molecule has 3 N–H and O–H groups in total. The molecule has 0 aromatic heterocycles. The van der Waals surface area contributed by atoms with Gasteiger partial charge in [0.05, 0.1) is 11.1 Å². The van der Waals surface area contributed by atoms with Gasteiger partial charge in [0.1, 0.15) is 5.75 Å². The van der Waals surface area contributed by atoms with Crippen LogP contribution in [0.2, 0.25) is 0 Å². The third-order valence-electron chi connectivity index (χ3n) is 3.52. The van der Waals surface area contributed by atoms with Gasteiger partial charge in [0.15, 0.2) is 0 Å². The van der Waals surface area contributed by atoms with Crippen LogP contribution in [0.25, 0.3) is 0 Å². The molecule has 0 fully saturated rings. The maximum absolute atomic E-state index is 10.2. The summed E-state index contributed by atoms with van der Waals surface area (Å²) in [5, 5.41) is 25.7. The molecule has 0 saturated carbocycles. The van der Waals surface area contributed by atoms with Crippen molar-refractivity contribution >= 4 is 11.9 Å². The van der Waals surface area contributed by atoms with Gasteiger partial charge in [-0.15, -0.1) is 0 Å². The average Bonchev–Trinajstić information content (AvgIpc) is 2.72. The molecule has 0 spiro atoms. The molecule has 5 heteroatoms. The van der Waals surface area contributed by atoms with Crippen molar-refractivity contribution in [2.24, 2.45) is 0 Å². The van der Waals surface area contributed by atoms with Crippen LogP contribution in [0.15, 0.2) is 84.9 Å². The average molecular weight is 380 g/mol. The zero-order chi connectivity index (χ0) is 20.8. The maximum Gasteiger partial charge on any atom is 0.335 e. The number of carboxylic acid groups (broad SMARTS) is 2. The van der Waals surface area contributed by atoms with Crippen molar-refractivity contribution in [3.05, 3.63) is 102 Å². The molecule has 0 bridgehead atoms. The van der Waals surface area contributed by atoms with Crippen molar-refractivity contribution in [1.82, 2.24) is 0 Å². The van der Waals surface area contributed by atoms with Crippen molar-refractivity contribution in [2.75, 3.05) is 0 Å². The van der Waals surface area contributed by atoms with E-state index in [4.69, 9.17) is 15.3 Å². The zero-order valence-corrected chi connectivity index (χ0v) is 15.7. The largest absolute Gasteiger partial charge is 0.508 e. The smallest absolute Gasteiger partial charge is 0.335 e. The first-order valence-corrected chi connectivity index (χ1v) is 8.78. The third-order valence-corrected chi connectivity index (χ3v) is 3.52. The van der Waals surface area contributed by atoms with E-state index in [9.17, 15) is 9.59 Å². The van der Waals surface area contributed by atoms with Gasteiger partial charge in [0.2, 0.25) is 0 Å². The first kappa shape index (κ1) is 22.4. The number of aromatic hydroxyl groups is 1. The number of aryl methyl sites for hydroxylation is 1. The van der Waals surface area contributed by atoms with Crippen molar-refractivity contribution in [2.45, 2.75) is 19.8 Å². The fourth-order valence-corrected chi connectivity index (χ4v) is 2.11. The second-order valence-corrected chi connectivity index (χ2v) is 5.76. The topological polar surface area (TPSA) is 94.8 Å². The van der Waals surface area contributed by atoms with E-state index in [1.807, 2.05) is 12.1 Å². The summed E-state index contributed by atoms with van der Waals surface area (Å²) in [6.45, 7) is 2.15. The molecule has 0 aliphatic carbocycles. The molecule has 146 valence electrons. The fraction of sp³-hybridized carbons (Fsp3) is 0.130. The van der Waals surface area contributed by atoms with Crippen LogP contribution < -0.4 is 0 Å². The zero-order valence-electron chi connectivity index (χ0n) is 15.7. The molecule has 0 unspecified atom stereocenters. The summed E-state index contributed by atoms with van der Waals surface area (Å²) in [6, 6.07) is 24.0. The van der Waals surface area contributed by atoms with Gasteiger partial charge in [-0.3, -0.25) is 0 Å². The monoisotopic (exact) mass is 380 g/mol. The lowest BCUT2D eigenvalue weighted by Gasteiger charge is -1.96. The molecule has 0 amide bonds. The Labute approximate surface area is 164 Å². The van der Waals surface area contributed by atoms with E-state index >= 15 is 0 Å². The Bertz CT molecular complexity index is 778. The summed E-state index contributed by atoms with van der Waals surface area (Å²) in [7, 11) is 0. The SMILES string of the molecule is CCCc1ccc(O)cc1.O=C(O)c1ccccc1.O=C(O)c1ccccc1. The summed E-state index contributed by atoms with van der Waals surface area (Å²) in [5.41, 5.74) is 1.95. The van der Waals surface area contributed by atoms with Gasteiger partial charge in [-0.25, -0.2) is 9.59 Å². The van der Waals surface area contributed by atoms with E-state index < -0.39 is 11.9 Å². The van der Waals surface area contributed by atoms with Gasteiger partial charge in [-0.2, -0.15) is 0 Å². The number of phenols is 1. The second kappa shape index (κ2) is 12.7. The molecule has 3 aromatic rings. The summed E-state index contributed by atoms with van der Waals surface area (Å²) >= 11 is 0. The molecule has 0 radical (unpaired) electrons. The molecular formula is C23H24O5. The number of rotatable bonds is 4. The van der Waals surface area contributed by atoms with Gasteiger partial charge in [-0.1, -0.05) is 61.9 Å². The Kier molecular flexibility index (Phi) is 10.2. The van der Waals surface area contributed by atoms with Crippen molar-refractivity contribution in [1.29, 1.82) is 0 Å². The quantitative estimate of drug-likeness (QED) is 0.584. The minimum absolute atomic E-state index is 0.331. The van der Waals surface area contributed by atoms with Crippen LogP contribution >= 0.6 is 0 Å². The van der Waals surface area contributed by atoms with E-state index in [0.717, 1.165) is 12.8 Å². The van der Waals surface area contributed by atoms with E-state index in [1.54, 1.807) is 72.8 Å². The Hall–Kier alpha value is -3.60. The van der Waals surface area contributed by atoms with Crippen LogP contribution in [0.5, 0.6) is 5.75 Å². The summed E-state index contributed by atoms with van der Waals surface area (Å²) in [5.74, 6) is -1.41. The summed E-state index contributed by atoms with van der Waals surface area (Å²) in [6.07, 6.45) is 2.26. The molecule has 0 heterocycles. The van der Waals surface area contributed by atoms with E-state index in [1.165, 1.54) is 5.56 Å². The lowest BCUT2D eigenvalue weighted by Crippen LogP contribution is -1.93. The van der Waals surface area contributed by atoms with Crippen molar-refractivity contribution in [3.63, 3.8) is 0 Å². The molecule has 5 nitrogen and oxygen atoms in total. The number of aromatic carboxylic acids is 2. The number of hydrogen-bond acceptors (Lipinski definition) is 3. The van der Waals surface area contributed by atoms with Crippen molar-refractivity contribution < 1.29 is 24.9 Å². The number of carboxylic acids is 2. The van der Waals surface area contributed by atoms with Gasteiger partial charge >= 0.3 is 11.9 Å². The van der Waals surface area contributed by atoms with E-state index in [0.29, 0.717) is 16.9 Å². The van der Waals surface area contributed by atoms with Gasteiger partial charge in [0.25, 0.3) is 0 Å². The molecule has 0 aliphatic rings. The molecule has 0 aliphatic heterocycles. The molecular weight excluding hydrogens is 356 g/mol. The van der Waals surface area contributed by atoms with Crippen LogP contribution in [-0.2, 0) is 6.42 Å². The minimum Gasteiger partial charge on any atom is -0.508 e. The lowest BCUT2D eigenvalue weighted by molar-refractivity contribution is 0.0686. The molecule has 0 atom stereocenters. The number of phenolic OH excluding ortho intramolecular Hbond substituents is 1. The molecule has 28 heavy (non-hydrogen) atoms. The Balaban J connectivity index is 0.000000210. The maximum atomic E-state index is 10.2. The second-order valence-electron chi connectivity index (χ2n) is 5.76. The van der Waals surface area contributed by atoms with Crippen molar-refractivity contribution in [3.8, 4) is 5.75 Å². The van der Waals surface area contributed by atoms with Gasteiger partial charge < -0.3 is 15.3 Å². The fourth-order valence-electron chi connectivity index (χ4n) is 2.11. The molecule has 3 rings (SSSR count). The first-order valence-electron chi connectivity index (χ1n) is 8.78. The predicted octanol–water partition coefficient (Wildman–Crippen LogP) is 5.11. The number of carbonyl (C=O) groups is 2. The summed E-state index contributed by atoms with van der Waals surface area (Å²) in [4.78, 5) is 20.4. The predicted molar refractivity (Wildman–Crippen MR) is 109 cm³/mol. The van der Waals surface area contributed by atoms with E-state index in [2.05, 4.69) is 6.92 Å². The highest BCUT2D eigenvalue weighted by atomic mass is 16.4. The third kappa shape index (κ3) is 9.20. The molecule has 3 aromatic carbocycles. The summed E-state index contributed by atoms with van der Waals surface area (Å²) < 4.78 is 0. The highest BCUT2D eigenvalue weighted by Crippen LogP contribution is 2.10. The van der Waals surface area contributed by atoms with Crippen LogP contribution in [-0.4, -0.2) is 27.3 Å². The number of benzene rings is 3. The first-order chi connectivity index (χ1) is 13.4. The Morgan fingerprint density at radius 3 is 1.36 bits per heavy atom. The van der Waals surface area contributed by atoms with E-state index in [-0.39, 0.29) is 0 Å². The molecule has 0 saturated heterocycles. The van der Waals surface area contributed by atoms with Gasteiger partial charge in [-0.05, 0) is 48.4 Å². The van der Waals surface area contributed by atoms with Crippen LogP contribution in [0, 0.1) is 0 Å². The lowest BCUT2D eigenvalue weighted by atomic mass is 10.1. The number of hydrogen-bond donors (Lipinski definition) is 3. The highest BCUT2D eigenvalue weighted by molar-refractivity contribution is 5.87.